The third-order valence-corrected chi connectivity index (χ3v) is 4.25. The summed E-state index contributed by atoms with van der Waals surface area (Å²) < 4.78 is 1.60. The zero-order valence-corrected chi connectivity index (χ0v) is 13.4. The average Bonchev–Trinajstić information content (AvgIpc) is 3.01. The van der Waals surface area contributed by atoms with Crippen molar-refractivity contribution in [3.05, 3.63) is 71.5 Å². The van der Waals surface area contributed by atoms with E-state index in [-0.39, 0.29) is 5.75 Å². The van der Waals surface area contributed by atoms with Crippen LogP contribution >= 0.6 is 11.8 Å². The van der Waals surface area contributed by atoms with Gasteiger partial charge in [-0.05, 0) is 24.6 Å². The summed E-state index contributed by atoms with van der Waals surface area (Å²) in [5, 5.41) is 22.7. The van der Waals surface area contributed by atoms with Crippen LogP contribution in [0.4, 0.5) is 0 Å². The van der Waals surface area contributed by atoms with Crippen molar-refractivity contribution in [1.82, 2.24) is 14.9 Å². The van der Waals surface area contributed by atoms with E-state index in [0.29, 0.717) is 10.7 Å². The fraction of sp³-hybridized carbons (Fsp3) is 0.118. The molecule has 0 unspecified atom stereocenters. The molecular weight excluding hydrogens is 308 g/mol. The van der Waals surface area contributed by atoms with Crippen LogP contribution in [-0.4, -0.2) is 26.2 Å². The van der Waals surface area contributed by atoms with Crippen molar-refractivity contribution < 1.29 is 5.11 Å². The Morgan fingerprint density at radius 3 is 2.74 bits per heavy atom. The number of benzene rings is 2. The molecule has 0 amide bonds. The number of hydrogen-bond donors (Lipinski definition) is 1. The first-order valence-corrected chi connectivity index (χ1v) is 8.11. The lowest BCUT2D eigenvalue weighted by Crippen LogP contribution is -1.93. The van der Waals surface area contributed by atoms with Gasteiger partial charge in [0.1, 0.15) is 12.1 Å². The number of hydrogen-bond acceptors (Lipinski definition) is 5. The van der Waals surface area contributed by atoms with Crippen LogP contribution < -0.4 is 0 Å². The van der Waals surface area contributed by atoms with Gasteiger partial charge in [0.05, 0.1) is 6.21 Å². The van der Waals surface area contributed by atoms with Gasteiger partial charge in [-0.1, -0.05) is 53.7 Å². The molecule has 0 saturated heterocycles. The molecule has 2 aromatic carbocycles. The van der Waals surface area contributed by atoms with Gasteiger partial charge in [0.2, 0.25) is 5.16 Å². The van der Waals surface area contributed by atoms with Crippen molar-refractivity contribution in [2.45, 2.75) is 17.8 Å². The zero-order chi connectivity index (χ0) is 16.1. The summed E-state index contributed by atoms with van der Waals surface area (Å²) >= 11 is 1.57. The van der Waals surface area contributed by atoms with Crippen molar-refractivity contribution in [3.63, 3.8) is 0 Å². The van der Waals surface area contributed by atoms with E-state index in [0.717, 1.165) is 5.75 Å². The largest absolute Gasteiger partial charge is 0.507 e. The molecule has 3 rings (SSSR count). The van der Waals surface area contributed by atoms with Crippen molar-refractivity contribution in [3.8, 4) is 5.75 Å². The quantitative estimate of drug-likeness (QED) is 0.576. The van der Waals surface area contributed by atoms with Crippen molar-refractivity contribution in [2.24, 2.45) is 5.10 Å². The molecule has 0 aliphatic heterocycles. The van der Waals surface area contributed by atoms with E-state index >= 15 is 0 Å². The minimum atomic E-state index is 0.193. The van der Waals surface area contributed by atoms with Crippen LogP contribution in [0.3, 0.4) is 0 Å². The highest BCUT2D eigenvalue weighted by Crippen LogP contribution is 2.21. The Morgan fingerprint density at radius 1 is 1.17 bits per heavy atom. The summed E-state index contributed by atoms with van der Waals surface area (Å²) in [6, 6.07) is 15.4. The van der Waals surface area contributed by atoms with Gasteiger partial charge in [0.15, 0.2) is 0 Å². The van der Waals surface area contributed by atoms with Crippen LogP contribution in [0.15, 0.2) is 65.1 Å². The van der Waals surface area contributed by atoms with Crippen LogP contribution in [0, 0.1) is 6.92 Å². The fourth-order valence-electron chi connectivity index (χ4n) is 1.95. The second kappa shape index (κ2) is 7.11. The Bertz CT molecular complexity index is 811. The van der Waals surface area contributed by atoms with Gasteiger partial charge in [-0.25, -0.2) is 0 Å². The molecule has 0 atom stereocenters. The fourth-order valence-corrected chi connectivity index (χ4v) is 2.77. The van der Waals surface area contributed by atoms with Gasteiger partial charge in [0, 0.05) is 11.3 Å². The van der Waals surface area contributed by atoms with Gasteiger partial charge in [-0.15, -0.1) is 10.2 Å². The number of aromatic nitrogens is 3. The Kier molecular flexibility index (Phi) is 4.73. The molecule has 116 valence electrons. The number of rotatable bonds is 5. The molecule has 0 aliphatic rings. The molecule has 23 heavy (non-hydrogen) atoms. The lowest BCUT2D eigenvalue weighted by atomic mass is 10.2. The molecule has 3 aromatic rings. The smallest absolute Gasteiger partial charge is 0.212 e. The molecule has 0 spiro atoms. The van der Waals surface area contributed by atoms with Gasteiger partial charge < -0.3 is 5.11 Å². The average molecular weight is 324 g/mol. The minimum Gasteiger partial charge on any atom is -0.507 e. The maximum Gasteiger partial charge on any atom is 0.212 e. The highest BCUT2D eigenvalue weighted by Gasteiger charge is 2.05. The Hall–Kier alpha value is -2.60. The molecule has 1 aromatic heterocycles. The lowest BCUT2D eigenvalue weighted by Gasteiger charge is -2.02. The number of phenolic OH excluding ortho intramolecular Hbond substituents is 1. The van der Waals surface area contributed by atoms with Gasteiger partial charge in [0.25, 0.3) is 0 Å². The summed E-state index contributed by atoms with van der Waals surface area (Å²) in [6.07, 6.45) is 3.14. The second-order valence-electron chi connectivity index (χ2n) is 5.04. The molecule has 1 heterocycles. The maximum atomic E-state index is 9.75. The normalized spacial score (nSPS) is 11.2. The molecule has 0 saturated carbocycles. The topological polar surface area (TPSA) is 63.3 Å². The maximum absolute atomic E-state index is 9.75. The van der Waals surface area contributed by atoms with Crippen LogP contribution in [0.5, 0.6) is 5.75 Å². The zero-order valence-electron chi connectivity index (χ0n) is 12.6. The Morgan fingerprint density at radius 2 is 1.96 bits per heavy atom. The van der Waals surface area contributed by atoms with E-state index < -0.39 is 0 Å². The third-order valence-electron chi connectivity index (χ3n) is 3.25. The summed E-state index contributed by atoms with van der Waals surface area (Å²) in [7, 11) is 0. The Balaban J connectivity index is 1.70. The molecule has 0 fully saturated rings. The third kappa shape index (κ3) is 3.98. The highest BCUT2D eigenvalue weighted by atomic mass is 32.2. The van der Waals surface area contributed by atoms with Crippen molar-refractivity contribution >= 4 is 18.0 Å². The first-order chi connectivity index (χ1) is 11.2. The van der Waals surface area contributed by atoms with Crippen LogP contribution in [0.25, 0.3) is 0 Å². The van der Waals surface area contributed by atoms with E-state index in [1.165, 1.54) is 11.1 Å². The Labute approximate surface area is 138 Å². The molecule has 0 radical (unpaired) electrons. The predicted octanol–water partition coefficient (Wildman–Crippen LogP) is 3.47. The van der Waals surface area contributed by atoms with E-state index in [1.807, 2.05) is 6.07 Å². The molecular formula is C17H16N4OS. The van der Waals surface area contributed by atoms with Crippen molar-refractivity contribution in [1.29, 1.82) is 0 Å². The first-order valence-electron chi connectivity index (χ1n) is 7.13. The second-order valence-corrected chi connectivity index (χ2v) is 5.98. The first kappa shape index (κ1) is 15.3. The van der Waals surface area contributed by atoms with E-state index in [4.69, 9.17) is 0 Å². The van der Waals surface area contributed by atoms with E-state index in [2.05, 4.69) is 46.5 Å². The minimum absolute atomic E-state index is 0.193. The summed E-state index contributed by atoms with van der Waals surface area (Å²) in [4.78, 5) is 0. The summed E-state index contributed by atoms with van der Waals surface area (Å²) in [5.41, 5.74) is 3.12. The van der Waals surface area contributed by atoms with Crippen LogP contribution in [0.1, 0.15) is 16.7 Å². The van der Waals surface area contributed by atoms with Gasteiger partial charge >= 0.3 is 0 Å². The van der Waals surface area contributed by atoms with Crippen LogP contribution in [0.2, 0.25) is 0 Å². The number of aryl methyl sites for hydroxylation is 1. The summed E-state index contributed by atoms with van der Waals surface area (Å²) in [6.45, 7) is 2.07. The number of thioether (sulfide) groups is 1. The van der Waals surface area contributed by atoms with Crippen LogP contribution in [-0.2, 0) is 5.75 Å². The van der Waals surface area contributed by atoms with Crippen molar-refractivity contribution in [2.75, 3.05) is 0 Å². The molecule has 1 N–H and O–H groups in total. The highest BCUT2D eigenvalue weighted by molar-refractivity contribution is 7.98. The molecule has 6 heteroatoms. The number of para-hydroxylation sites is 1. The van der Waals surface area contributed by atoms with Gasteiger partial charge in [-0.2, -0.15) is 9.78 Å². The SMILES string of the molecule is Cc1ccc(CSc2nncn2/N=C/c2ccccc2O)cc1. The summed E-state index contributed by atoms with van der Waals surface area (Å²) in [5.74, 6) is 0.989. The van der Waals surface area contributed by atoms with E-state index in [1.54, 1.807) is 47.2 Å². The molecule has 0 aliphatic carbocycles. The number of nitrogens with zero attached hydrogens (tertiary/aromatic N) is 4. The van der Waals surface area contributed by atoms with Gasteiger partial charge in [-0.3, -0.25) is 0 Å². The predicted molar refractivity (Wildman–Crippen MR) is 91.9 cm³/mol. The standard InChI is InChI=1S/C17H16N4OS/c1-13-6-8-14(9-7-13)11-23-17-20-18-12-21(17)19-10-15-4-2-3-5-16(15)22/h2-10,12,22H,11H2,1H3/b19-10+. The number of phenols is 1. The monoisotopic (exact) mass is 324 g/mol. The lowest BCUT2D eigenvalue weighted by molar-refractivity contribution is 0.474. The molecule has 5 nitrogen and oxygen atoms in total. The molecule has 0 bridgehead atoms. The number of aromatic hydroxyl groups is 1. The van der Waals surface area contributed by atoms with E-state index in [9.17, 15) is 5.11 Å².